The zero-order valence-electron chi connectivity index (χ0n) is 13.6. The van der Waals surface area contributed by atoms with E-state index in [9.17, 15) is 4.79 Å². The molecule has 0 atom stereocenters. The van der Waals surface area contributed by atoms with E-state index in [4.69, 9.17) is 0 Å². The highest BCUT2D eigenvalue weighted by atomic mass is 32.1. The molecule has 0 unspecified atom stereocenters. The minimum Gasteiger partial charge on any atom is -0.349 e. The van der Waals surface area contributed by atoms with E-state index in [1.54, 1.807) is 6.20 Å². The summed E-state index contributed by atoms with van der Waals surface area (Å²) in [5.41, 5.74) is 1.06. The van der Waals surface area contributed by atoms with Gasteiger partial charge in [0.05, 0.1) is 11.2 Å². The fourth-order valence-electron chi connectivity index (χ4n) is 3.50. The molecule has 1 amide bonds. The third-order valence-electron chi connectivity index (χ3n) is 4.75. The number of pyridine rings is 1. The molecule has 1 aliphatic rings. The van der Waals surface area contributed by atoms with E-state index in [0.717, 1.165) is 36.3 Å². The van der Waals surface area contributed by atoms with E-state index in [1.807, 2.05) is 19.2 Å². The summed E-state index contributed by atoms with van der Waals surface area (Å²) in [5.74, 6) is 0.0112. The molecule has 0 saturated heterocycles. The van der Waals surface area contributed by atoms with Gasteiger partial charge in [-0.2, -0.15) is 0 Å². The zero-order chi connectivity index (χ0) is 16.5. The highest BCUT2D eigenvalue weighted by molar-refractivity contribution is 7.13. The molecule has 6 heteroatoms. The summed E-state index contributed by atoms with van der Waals surface area (Å²) in [4.78, 5) is 21.6. The Kier molecular flexibility index (Phi) is 4.06. The summed E-state index contributed by atoms with van der Waals surface area (Å²) < 4.78 is 2.29. The molecule has 24 heavy (non-hydrogen) atoms. The first-order chi connectivity index (χ1) is 11.7. The molecule has 0 spiro atoms. The predicted octanol–water partition coefficient (Wildman–Crippen LogP) is 3.71. The Balaban J connectivity index is 1.39. The number of rotatable bonds is 3. The zero-order valence-corrected chi connectivity index (χ0v) is 14.4. The molecule has 1 saturated carbocycles. The fraction of sp³-hybridized carbons (Fsp3) is 0.389. The molecule has 1 fully saturated rings. The molecule has 0 bridgehead atoms. The van der Waals surface area contributed by atoms with Crippen molar-refractivity contribution < 1.29 is 4.79 Å². The van der Waals surface area contributed by atoms with Gasteiger partial charge in [0.25, 0.3) is 5.91 Å². The molecule has 0 aliphatic heterocycles. The SMILES string of the molecule is Cc1ncc(C(=O)NC2CCC(n3ccc4cccnc43)CC2)s1. The van der Waals surface area contributed by atoms with Gasteiger partial charge in [0, 0.05) is 29.9 Å². The Labute approximate surface area is 144 Å². The second kappa shape index (κ2) is 6.36. The van der Waals surface area contributed by atoms with Crippen LogP contribution in [-0.4, -0.2) is 26.5 Å². The number of nitrogens with one attached hydrogen (secondary N) is 1. The van der Waals surface area contributed by atoms with Crippen molar-refractivity contribution in [3.8, 4) is 0 Å². The summed E-state index contributed by atoms with van der Waals surface area (Å²) in [7, 11) is 0. The summed E-state index contributed by atoms with van der Waals surface area (Å²) in [6.45, 7) is 1.92. The molecular formula is C18H20N4OS. The normalized spacial score (nSPS) is 21.0. The minimum atomic E-state index is 0.0112. The number of fused-ring (bicyclic) bond motifs is 1. The number of hydrogen-bond donors (Lipinski definition) is 1. The minimum absolute atomic E-state index is 0.0112. The van der Waals surface area contributed by atoms with Gasteiger partial charge >= 0.3 is 0 Å². The summed E-state index contributed by atoms with van der Waals surface area (Å²) >= 11 is 1.45. The smallest absolute Gasteiger partial charge is 0.263 e. The molecule has 3 aromatic heterocycles. The van der Waals surface area contributed by atoms with Crippen molar-refractivity contribution in [1.29, 1.82) is 0 Å². The summed E-state index contributed by atoms with van der Waals surface area (Å²) in [5, 5.41) is 5.27. The number of amides is 1. The molecule has 3 heterocycles. The third kappa shape index (κ3) is 2.94. The summed E-state index contributed by atoms with van der Waals surface area (Å²) in [6, 6.07) is 6.92. The maximum atomic E-state index is 12.3. The lowest BCUT2D eigenvalue weighted by Crippen LogP contribution is -2.37. The lowest BCUT2D eigenvalue weighted by Gasteiger charge is -2.30. The van der Waals surface area contributed by atoms with Crippen LogP contribution in [0, 0.1) is 6.92 Å². The molecule has 4 rings (SSSR count). The highest BCUT2D eigenvalue weighted by Gasteiger charge is 2.25. The molecule has 0 aromatic carbocycles. The number of thiazole rings is 1. The van der Waals surface area contributed by atoms with Crippen LogP contribution in [0.4, 0.5) is 0 Å². The first-order valence-corrected chi connectivity index (χ1v) is 9.17. The van der Waals surface area contributed by atoms with E-state index < -0.39 is 0 Å². The van der Waals surface area contributed by atoms with Crippen molar-refractivity contribution in [3.05, 3.63) is 46.7 Å². The predicted molar refractivity (Wildman–Crippen MR) is 95.3 cm³/mol. The topological polar surface area (TPSA) is 59.8 Å². The molecule has 3 aromatic rings. The van der Waals surface area contributed by atoms with Crippen molar-refractivity contribution in [2.45, 2.75) is 44.7 Å². The number of hydrogen-bond acceptors (Lipinski definition) is 4. The van der Waals surface area contributed by atoms with Crippen molar-refractivity contribution in [2.75, 3.05) is 0 Å². The number of carbonyl (C=O) groups excluding carboxylic acids is 1. The third-order valence-corrected chi connectivity index (χ3v) is 5.66. The van der Waals surface area contributed by atoms with Crippen LogP contribution in [-0.2, 0) is 0 Å². The van der Waals surface area contributed by atoms with Gasteiger partial charge in [0.15, 0.2) is 0 Å². The molecule has 1 N–H and O–H groups in total. The van der Waals surface area contributed by atoms with E-state index in [-0.39, 0.29) is 11.9 Å². The van der Waals surface area contributed by atoms with Gasteiger partial charge in [-0.15, -0.1) is 11.3 Å². The first-order valence-electron chi connectivity index (χ1n) is 8.35. The molecular weight excluding hydrogens is 320 g/mol. The number of aromatic nitrogens is 3. The fourth-order valence-corrected chi connectivity index (χ4v) is 4.18. The highest BCUT2D eigenvalue weighted by Crippen LogP contribution is 2.31. The van der Waals surface area contributed by atoms with Gasteiger partial charge in [-0.05, 0) is 50.8 Å². The average molecular weight is 340 g/mol. The monoisotopic (exact) mass is 340 g/mol. The van der Waals surface area contributed by atoms with Crippen molar-refractivity contribution >= 4 is 28.3 Å². The van der Waals surface area contributed by atoms with E-state index in [2.05, 4.69) is 38.2 Å². The standard InChI is InChI=1S/C18H20N4OS/c1-12-20-11-16(24-12)18(23)21-14-4-6-15(7-5-14)22-10-8-13-3-2-9-19-17(13)22/h2-3,8-11,14-15H,4-7H2,1H3,(H,21,23). The van der Waals surface area contributed by atoms with E-state index in [1.165, 1.54) is 16.7 Å². The van der Waals surface area contributed by atoms with Crippen molar-refractivity contribution in [2.24, 2.45) is 0 Å². The Morgan fingerprint density at radius 1 is 1.25 bits per heavy atom. The molecule has 1 aliphatic carbocycles. The van der Waals surface area contributed by atoms with Crippen LogP contribution in [0.25, 0.3) is 11.0 Å². The van der Waals surface area contributed by atoms with E-state index >= 15 is 0 Å². The largest absolute Gasteiger partial charge is 0.349 e. The van der Waals surface area contributed by atoms with Crippen molar-refractivity contribution in [1.82, 2.24) is 19.9 Å². The van der Waals surface area contributed by atoms with Crippen LogP contribution in [0.3, 0.4) is 0 Å². The van der Waals surface area contributed by atoms with Gasteiger partial charge in [-0.3, -0.25) is 4.79 Å². The Bertz CT molecular complexity index is 861. The maximum absolute atomic E-state index is 12.3. The van der Waals surface area contributed by atoms with Crippen molar-refractivity contribution in [3.63, 3.8) is 0 Å². The number of nitrogens with zero attached hydrogens (tertiary/aromatic N) is 3. The first kappa shape index (κ1) is 15.3. The second-order valence-corrected chi connectivity index (χ2v) is 7.60. The molecule has 0 radical (unpaired) electrons. The number of aryl methyl sites for hydroxylation is 1. The van der Waals surface area contributed by atoms with Gasteiger partial charge in [-0.1, -0.05) is 0 Å². The van der Waals surface area contributed by atoms with Gasteiger partial charge < -0.3 is 9.88 Å². The van der Waals surface area contributed by atoms with Crippen LogP contribution in [0.5, 0.6) is 0 Å². The Morgan fingerprint density at radius 2 is 2.08 bits per heavy atom. The maximum Gasteiger partial charge on any atom is 0.263 e. The average Bonchev–Trinajstić information content (AvgIpc) is 3.22. The van der Waals surface area contributed by atoms with E-state index in [0.29, 0.717) is 10.9 Å². The number of carbonyl (C=O) groups is 1. The second-order valence-electron chi connectivity index (χ2n) is 6.36. The Morgan fingerprint density at radius 3 is 2.83 bits per heavy atom. The lowest BCUT2D eigenvalue weighted by atomic mass is 9.91. The molecule has 124 valence electrons. The van der Waals surface area contributed by atoms with Crippen LogP contribution in [0.2, 0.25) is 0 Å². The quantitative estimate of drug-likeness (QED) is 0.790. The van der Waals surface area contributed by atoms with Crippen LogP contribution in [0.15, 0.2) is 36.8 Å². The van der Waals surface area contributed by atoms with Gasteiger partial charge in [-0.25, -0.2) is 9.97 Å². The summed E-state index contributed by atoms with van der Waals surface area (Å²) in [6.07, 6.45) is 9.78. The van der Waals surface area contributed by atoms with Gasteiger partial charge in [0.2, 0.25) is 0 Å². The lowest BCUT2D eigenvalue weighted by molar-refractivity contribution is 0.0926. The van der Waals surface area contributed by atoms with Crippen LogP contribution >= 0.6 is 11.3 Å². The Hall–Kier alpha value is -2.21. The molecule has 5 nitrogen and oxygen atoms in total. The van der Waals surface area contributed by atoms with Gasteiger partial charge in [0.1, 0.15) is 10.5 Å². The van der Waals surface area contributed by atoms with Crippen LogP contribution < -0.4 is 5.32 Å². The van der Waals surface area contributed by atoms with Crippen LogP contribution in [0.1, 0.15) is 46.4 Å².